The second-order valence-electron chi connectivity index (χ2n) is 4.68. The second-order valence-corrected chi connectivity index (χ2v) is 4.68. The Bertz CT molecular complexity index is 369. The van der Waals surface area contributed by atoms with Gasteiger partial charge in [0.15, 0.2) is 0 Å². The molecule has 3 N–H and O–H groups in total. The highest BCUT2D eigenvalue weighted by Crippen LogP contribution is 2.31. The molecule has 1 aromatic carbocycles. The van der Waals surface area contributed by atoms with Crippen LogP contribution < -0.4 is 20.7 Å². The normalized spacial score (nSPS) is 12.2. The number of unbranched alkanes of at least 4 members (excludes halogenated alkanes) is 3. The molecular weight excluding hydrogens is 240 g/mol. The van der Waals surface area contributed by atoms with Crippen LogP contribution in [0.4, 0.5) is 0 Å². The lowest BCUT2D eigenvalue weighted by atomic mass is 9.99. The standard InChI is InChI=1S/C15H26N2O2/c1-4-5-6-7-8-14(17-16)13-10-9-12(18-2)11-15(13)19-3/h9-11,14,17H,4-8,16H2,1-3H3. The van der Waals surface area contributed by atoms with Crippen molar-refractivity contribution in [1.29, 1.82) is 0 Å². The first-order chi connectivity index (χ1) is 9.26. The zero-order valence-electron chi connectivity index (χ0n) is 12.2. The molecule has 0 saturated heterocycles. The van der Waals surface area contributed by atoms with Crippen molar-refractivity contribution in [3.63, 3.8) is 0 Å². The fourth-order valence-corrected chi connectivity index (χ4v) is 2.21. The van der Waals surface area contributed by atoms with Gasteiger partial charge in [-0.15, -0.1) is 0 Å². The Kier molecular flexibility index (Phi) is 7.30. The highest BCUT2D eigenvalue weighted by Gasteiger charge is 2.15. The van der Waals surface area contributed by atoms with Gasteiger partial charge in [-0.05, 0) is 12.5 Å². The topological polar surface area (TPSA) is 56.5 Å². The van der Waals surface area contributed by atoms with Crippen LogP contribution >= 0.6 is 0 Å². The van der Waals surface area contributed by atoms with Crippen molar-refractivity contribution in [2.75, 3.05) is 14.2 Å². The maximum atomic E-state index is 5.68. The van der Waals surface area contributed by atoms with Gasteiger partial charge in [0, 0.05) is 17.7 Å². The van der Waals surface area contributed by atoms with Gasteiger partial charge >= 0.3 is 0 Å². The number of ether oxygens (including phenoxy) is 2. The number of methoxy groups -OCH3 is 2. The van der Waals surface area contributed by atoms with Crippen LogP contribution in [-0.2, 0) is 0 Å². The molecule has 0 aliphatic heterocycles. The molecule has 0 bridgehead atoms. The Labute approximate surface area is 116 Å². The number of hydrogen-bond donors (Lipinski definition) is 2. The lowest BCUT2D eigenvalue weighted by Crippen LogP contribution is -2.28. The molecule has 4 nitrogen and oxygen atoms in total. The predicted molar refractivity (Wildman–Crippen MR) is 78.4 cm³/mol. The van der Waals surface area contributed by atoms with Crippen LogP contribution in [0.3, 0.4) is 0 Å². The molecular formula is C15H26N2O2. The van der Waals surface area contributed by atoms with E-state index in [-0.39, 0.29) is 6.04 Å². The lowest BCUT2D eigenvalue weighted by Gasteiger charge is -2.19. The minimum absolute atomic E-state index is 0.123. The van der Waals surface area contributed by atoms with Crippen LogP contribution in [0.25, 0.3) is 0 Å². The molecule has 1 rings (SSSR count). The largest absolute Gasteiger partial charge is 0.497 e. The van der Waals surface area contributed by atoms with E-state index in [4.69, 9.17) is 15.3 Å². The van der Waals surface area contributed by atoms with E-state index in [0.717, 1.165) is 29.9 Å². The number of hydrogen-bond acceptors (Lipinski definition) is 4. The van der Waals surface area contributed by atoms with E-state index in [1.807, 2.05) is 18.2 Å². The third-order valence-electron chi connectivity index (χ3n) is 3.36. The summed E-state index contributed by atoms with van der Waals surface area (Å²) < 4.78 is 10.6. The van der Waals surface area contributed by atoms with Crippen LogP contribution in [0.2, 0.25) is 0 Å². The maximum absolute atomic E-state index is 5.68. The summed E-state index contributed by atoms with van der Waals surface area (Å²) >= 11 is 0. The van der Waals surface area contributed by atoms with E-state index in [1.54, 1.807) is 14.2 Å². The second kappa shape index (κ2) is 8.77. The van der Waals surface area contributed by atoms with Gasteiger partial charge in [0.2, 0.25) is 0 Å². The quantitative estimate of drug-likeness (QED) is 0.409. The SMILES string of the molecule is CCCCCCC(NN)c1ccc(OC)cc1OC. The molecule has 0 radical (unpaired) electrons. The van der Waals surface area contributed by atoms with Gasteiger partial charge in [0.25, 0.3) is 0 Å². The number of hydrazine groups is 1. The van der Waals surface area contributed by atoms with Gasteiger partial charge in [0.05, 0.1) is 14.2 Å². The molecule has 0 amide bonds. The van der Waals surface area contributed by atoms with E-state index in [1.165, 1.54) is 19.3 Å². The molecule has 0 heterocycles. The Balaban J connectivity index is 2.73. The van der Waals surface area contributed by atoms with Gasteiger partial charge in [0.1, 0.15) is 11.5 Å². The van der Waals surface area contributed by atoms with E-state index < -0.39 is 0 Å². The number of nitrogens with two attached hydrogens (primary N) is 1. The minimum atomic E-state index is 0.123. The van der Waals surface area contributed by atoms with Crippen molar-refractivity contribution in [2.45, 2.75) is 45.1 Å². The number of nitrogens with one attached hydrogen (secondary N) is 1. The summed E-state index contributed by atoms with van der Waals surface area (Å²) in [6.45, 7) is 2.21. The first kappa shape index (κ1) is 15.8. The van der Waals surface area contributed by atoms with Crippen molar-refractivity contribution in [1.82, 2.24) is 5.43 Å². The third-order valence-corrected chi connectivity index (χ3v) is 3.36. The van der Waals surface area contributed by atoms with Crippen LogP contribution in [0.1, 0.15) is 50.6 Å². The van der Waals surface area contributed by atoms with Gasteiger partial charge in [-0.3, -0.25) is 11.3 Å². The summed E-state index contributed by atoms with van der Waals surface area (Å²) in [7, 11) is 3.32. The summed E-state index contributed by atoms with van der Waals surface area (Å²) in [4.78, 5) is 0. The Morgan fingerprint density at radius 2 is 1.95 bits per heavy atom. The Hall–Kier alpha value is -1.26. The van der Waals surface area contributed by atoms with Crippen LogP contribution in [-0.4, -0.2) is 14.2 Å². The molecule has 0 aliphatic carbocycles. The molecule has 1 atom stereocenters. The van der Waals surface area contributed by atoms with Gasteiger partial charge in [-0.25, -0.2) is 0 Å². The predicted octanol–water partition coefficient (Wildman–Crippen LogP) is 3.18. The average Bonchev–Trinajstić information content (AvgIpc) is 2.47. The molecule has 1 aromatic rings. The minimum Gasteiger partial charge on any atom is -0.497 e. The first-order valence-electron chi connectivity index (χ1n) is 6.94. The van der Waals surface area contributed by atoms with Gasteiger partial charge < -0.3 is 9.47 Å². The summed E-state index contributed by atoms with van der Waals surface area (Å²) in [6, 6.07) is 5.97. The molecule has 108 valence electrons. The highest BCUT2D eigenvalue weighted by atomic mass is 16.5. The van der Waals surface area contributed by atoms with Gasteiger partial charge in [-0.2, -0.15) is 0 Å². The third kappa shape index (κ3) is 4.73. The van der Waals surface area contributed by atoms with E-state index in [9.17, 15) is 0 Å². The molecule has 0 fully saturated rings. The highest BCUT2D eigenvalue weighted by molar-refractivity contribution is 5.42. The summed E-state index contributed by atoms with van der Waals surface area (Å²) in [5.74, 6) is 7.29. The smallest absolute Gasteiger partial charge is 0.127 e. The summed E-state index contributed by atoms with van der Waals surface area (Å²) in [5.41, 5.74) is 3.97. The fraction of sp³-hybridized carbons (Fsp3) is 0.600. The van der Waals surface area contributed by atoms with Crippen molar-refractivity contribution < 1.29 is 9.47 Å². The molecule has 0 aliphatic rings. The molecule has 19 heavy (non-hydrogen) atoms. The average molecular weight is 266 g/mol. The monoisotopic (exact) mass is 266 g/mol. The summed E-state index contributed by atoms with van der Waals surface area (Å²) in [5, 5.41) is 0. The van der Waals surface area contributed by atoms with Crippen LogP contribution in [0.5, 0.6) is 11.5 Å². The summed E-state index contributed by atoms with van der Waals surface area (Å²) in [6.07, 6.45) is 5.94. The van der Waals surface area contributed by atoms with Crippen molar-refractivity contribution in [3.05, 3.63) is 23.8 Å². The van der Waals surface area contributed by atoms with Gasteiger partial charge in [-0.1, -0.05) is 38.7 Å². The van der Waals surface area contributed by atoms with Crippen molar-refractivity contribution in [2.24, 2.45) is 5.84 Å². The first-order valence-corrected chi connectivity index (χ1v) is 6.94. The van der Waals surface area contributed by atoms with Crippen LogP contribution in [0, 0.1) is 0 Å². The molecule has 1 unspecified atom stereocenters. The van der Waals surface area contributed by atoms with E-state index in [0.29, 0.717) is 0 Å². The zero-order valence-corrected chi connectivity index (χ0v) is 12.2. The fourth-order valence-electron chi connectivity index (χ4n) is 2.21. The Morgan fingerprint density at radius 1 is 1.16 bits per heavy atom. The van der Waals surface area contributed by atoms with Crippen molar-refractivity contribution in [3.8, 4) is 11.5 Å². The molecule has 0 spiro atoms. The van der Waals surface area contributed by atoms with Crippen molar-refractivity contribution >= 4 is 0 Å². The van der Waals surface area contributed by atoms with E-state index >= 15 is 0 Å². The molecule has 0 aromatic heterocycles. The molecule has 4 heteroatoms. The number of benzene rings is 1. The van der Waals surface area contributed by atoms with Crippen LogP contribution in [0.15, 0.2) is 18.2 Å². The lowest BCUT2D eigenvalue weighted by molar-refractivity contribution is 0.380. The number of rotatable bonds is 9. The van der Waals surface area contributed by atoms with E-state index in [2.05, 4.69) is 12.3 Å². The molecule has 0 saturated carbocycles. The Morgan fingerprint density at radius 3 is 2.53 bits per heavy atom. The maximum Gasteiger partial charge on any atom is 0.127 e. The zero-order chi connectivity index (χ0) is 14.1.